The molecule has 0 aromatic carbocycles. The molecule has 0 aromatic rings. The Kier molecular flexibility index (Phi) is 5.59. The molecular weight excluding hydrogens is 272 g/mol. The maximum absolute atomic E-state index is 12.0. The lowest BCUT2D eigenvalue weighted by Crippen LogP contribution is -2.08. The summed E-state index contributed by atoms with van der Waals surface area (Å²) < 4.78 is 5.46. The van der Waals surface area contributed by atoms with Gasteiger partial charge in [0.15, 0.2) is 0 Å². The average molecular weight is 298 g/mol. The lowest BCUT2D eigenvalue weighted by Gasteiger charge is -2.08. The maximum atomic E-state index is 12.0. The molecule has 1 atom stereocenters. The summed E-state index contributed by atoms with van der Waals surface area (Å²) in [6, 6.07) is 0. The molecule has 2 nitrogen and oxygen atoms in total. The molecule has 0 amide bonds. The van der Waals surface area contributed by atoms with Crippen LogP contribution in [-0.2, 0) is 9.53 Å². The number of ether oxygens (including phenoxy) is 1. The third-order valence-electron chi connectivity index (χ3n) is 4.24. The van der Waals surface area contributed by atoms with Gasteiger partial charge in [0.1, 0.15) is 6.10 Å². The number of hydrogen-bond acceptors (Lipinski definition) is 2. The van der Waals surface area contributed by atoms with Gasteiger partial charge in [-0.1, -0.05) is 41.5 Å². The van der Waals surface area contributed by atoms with Crippen molar-refractivity contribution in [2.45, 2.75) is 59.0 Å². The van der Waals surface area contributed by atoms with Gasteiger partial charge in [-0.2, -0.15) is 0 Å². The van der Waals surface area contributed by atoms with Crippen LogP contribution in [0.5, 0.6) is 0 Å². The molecule has 1 aliphatic carbocycles. The van der Waals surface area contributed by atoms with Gasteiger partial charge in [0.25, 0.3) is 0 Å². The van der Waals surface area contributed by atoms with Crippen LogP contribution in [0, 0.1) is 0 Å². The molecule has 1 heterocycles. The number of hydrogen-bond donors (Lipinski definition) is 0. The minimum atomic E-state index is -0.152. The van der Waals surface area contributed by atoms with Crippen molar-refractivity contribution in [3.8, 4) is 0 Å². The maximum Gasteiger partial charge on any atom is 0.334 e. The van der Waals surface area contributed by atoms with Crippen molar-refractivity contribution >= 4 is 5.97 Å². The van der Waals surface area contributed by atoms with Gasteiger partial charge >= 0.3 is 5.97 Å². The highest BCUT2D eigenvalue weighted by molar-refractivity contribution is 5.91. The van der Waals surface area contributed by atoms with E-state index in [2.05, 4.69) is 38.7 Å². The SMILES string of the molecule is C=C(C)/C1=C/C=C(\C)CC/C=C(\C)C[C@@H]2C=C(CC1)C(=O)O2. The van der Waals surface area contributed by atoms with Gasteiger partial charge in [0.2, 0.25) is 0 Å². The van der Waals surface area contributed by atoms with Crippen molar-refractivity contribution < 1.29 is 9.53 Å². The number of allylic oxidation sites excluding steroid dienone is 6. The number of rotatable bonds is 1. The zero-order valence-corrected chi connectivity index (χ0v) is 13.9. The van der Waals surface area contributed by atoms with Crippen LogP contribution in [0.2, 0.25) is 0 Å². The van der Waals surface area contributed by atoms with Gasteiger partial charge in [-0.25, -0.2) is 4.79 Å². The molecule has 2 heteroatoms. The molecule has 0 radical (unpaired) electrons. The molecule has 2 rings (SSSR count). The van der Waals surface area contributed by atoms with Crippen molar-refractivity contribution in [3.63, 3.8) is 0 Å². The number of carbonyl (C=O) groups excluding carboxylic acids is 1. The van der Waals surface area contributed by atoms with Gasteiger partial charge in [0.05, 0.1) is 0 Å². The van der Waals surface area contributed by atoms with E-state index in [1.165, 1.54) is 16.7 Å². The molecule has 1 aliphatic heterocycles. The molecule has 0 unspecified atom stereocenters. The van der Waals surface area contributed by atoms with Crippen LogP contribution in [0.3, 0.4) is 0 Å². The number of carbonyl (C=O) groups is 1. The van der Waals surface area contributed by atoms with E-state index in [9.17, 15) is 4.79 Å². The van der Waals surface area contributed by atoms with Crippen LogP contribution in [0.15, 0.2) is 58.7 Å². The first-order valence-electron chi connectivity index (χ1n) is 8.05. The molecular formula is C20H26O2. The summed E-state index contributed by atoms with van der Waals surface area (Å²) in [5.74, 6) is -0.152. The Hall–Kier alpha value is -1.83. The predicted octanol–water partition coefficient (Wildman–Crippen LogP) is 5.20. The lowest BCUT2D eigenvalue weighted by atomic mass is 9.97. The van der Waals surface area contributed by atoms with Crippen LogP contribution in [0.4, 0.5) is 0 Å². The van der Waals surface area contributed by atoms with Crippen molar-refractivity contribution in [2.24, 2.45) is 0 Å². The molecule has 2 aliphatic rings. The second-order valence-corrected chi connectivity index (χ2v) is 6.41. The summed E-state index contributed by atoms with van der Waals surface area (Å²) >= 11 is 0. The molecule has 0 aromatic heterocycles. The topological polar surface area (TPSA) is 26.3 Å². The van der Waals surface area contributed by atoms with Gasteiger partial charge in [-0.15, -0.1) is 0 Å². The van der Waals surface area contributed by atoms with E-state index >= 15 is 0 Å². The van der Waals surface area contributed by atoms with E-state index < -0.39 is 0 Å². The lowest BCUT2D eigenvalue weighted by molar-refractivity contribution is -0.139. The molecule has 0 saturated carbocycles. The van der Waals surface area contributed by atoms with E-state index in [1.54, 1.807) is 0 Å². The zero-order valence-electron chi connectivity index (χ0n) is 13.9. The molecule has 0 fully saturated rings. The van der Waals surface area contributed by atoms with Crippen molar-refractivity contribution in [2.75, 3.05) is 0 Å². The first-order chi connectivity index (χ1) is 10.5. The summed E-state index contributed by atoms with van der Waals surface area (Å²) in [6.07, 6.45) is 13.0. The van der Waals surface area contributed by atoms with Crippen molar-refractivity contribution in [1.82, 2.24) is 0 Å². The van der Waals surface area contributed by atoms with Crippen LogP contribution >= 0.6 is 0 Å². The first-order valence-corrected chi connectivity index (χ1v) is 8.05. The minimum absolute atomic E-state index is 0.0874. The van der Waals surface area contributed by atoms with Crippen LogP contribution in [0.25, 0.3) is 0 Å². The van der Waals surface area contributed by atoms with E-state index in [0.717, 1.165) is 43.3 Å². The second-order valence-electron chi connectivity index (χ2n) is 6.41. The molecule has 0 saturated heterocycles. The minimum Gasteiger partial charge on any atom is -0.454 e. The largest absolute Gasteiger partial charge is 0.454 e. The summed E-state index contributed by atoms with van der Waals surface area (Å²) in [4.78, 5) is 12.0. The Morgan fingerprint density at radius 2 is 1.95 bits per heavy atom. The van der Waals surface area contributed by atoms with Crippen LogP contribution < -0.4 is 0 Å². The third kappa shape index (κ3) is 4.59. The Morgan fingerprint density at radius 3 is 2.68 bits per heavy atom. The highest BCUT2D eigenvalue weighted by atomic mass is 16.5. The van der Waals surface area contributed by atoms with E-state index in [4.69, 9.17) is 4.74 Å². The number of fused-ring (bicyclic) bond motifs is 1. The highest BCUT2D eigenvalue weighted by Crippen LogP contribution is 2.26. The van der Waals surface area contributed by atoms with E-state index in [1.807, 2.05) is 13.0 Å². The molecule has 22 heavy (non-hydrogen) atoms. The monoisotopic (exact) mass is 298 g/mol. The quantitative estimate of drug-likeness (QED) is 0.491. The second kappa shape index (κ2) is 7.44. The van der Waals surface area contributed by atoms with Crippen molar-refractivity contribution in [1.29, 1.82) is 0 Å². The Bertz CT molecular complexity index is 585. The summed E-state index contributed by atoms with van der Waals surface area (Å²) in [5, 5.41) is 0. The average Bonchev–Trinajstić information content (AvgIpc) is 2.77. The Balaban J connectivity index is 2.25. The standard InChI is InChI=1S/C20H26O2/c1-14(2)17-9-8-15(3)6-5-7-16(4)12-19-13-18(11-10-17)20(21)22-19/h7-9,13,19H,1,5-6,10-12H2,2-4H3/b15-8+,16-7+,17-9+/t19-/m1/s1. The summed E-state index contributed by atoms with van der Waals surface area (Å²) in [5.41, 5.74) is 5.74. The number of esters is 1. The summed E-state index contributed by atoms with van der Waals surface area (Å²) in [7, 11) is 0. The fraction of sp³-hybridized carbons (Fsp3) is 0.450. The molecule has 0 N–H and O–H groups in total. The molecule has 2 bridgehead atoms. The fourth-order valence-electron chi connectivity index (χ4n) is 2.81. The third-order valence-corrected chi connectivity index (χ3v) is 4.24. The Morgan fingerprint density at radius 1 is 1.18 bits per heavy atom. The Labute approximate surface area is 133 Å². The van der Waals surface area contributed by atoms with Crippen molar-refractivity contribution in [3.05, 3.63) is 58.7 Å². The fourth-order valence-corrected chi connectivity index (χ4v) is 2.81. The van der Waals surface area contributed by atoms with Gasteiger partial charge in [-0.3, -0.25) is 0 Å². The van der Waals surface area contributed by atoms with Crippen LogP contribution in [-0.4, -0.2) is 12.1 Å². The molecule has 0 spiro atoms. The van der Waals surface area contributed by atoms with Crippen LogP contribution in [0.1, 0.15) is 52.9 Å². The summed E-state index contributed by atoms with van der Waals surface area (Å²) in [6.45, 7) is 10.4. The smallest absolute Gasteiger partial charge is 0.334 e. The van der Waals surface area contributed by atoms with Gasteiger partial charge < -0.3 is 4.74 Å². The first kappa shape index (κ1) is 16.5. The highest BCUT2D eigenvalue weighted by Gasteiger charge is 2.25. The van der Waals surface area contributed by atoms with E-state index in [-0.39, 0.29) is 12.1 Å². The molecule has 118 valence electrons. The van der Waals surface area contributed by atoms with E-state index in [0.29, 0.717) is 0 Å². The predicted molar refractivity (Wildman–Crippen MR) is 91.5 cm³/mol. The normalized spacial score (nSPS) is 30.7. The van der Waals surface area contributed by atoms with Gasteiger partial charge in [0, 0.05) is 12.0 Å². The van der Waals surface area contributed by atoms with Gasteiger partial charge in [-0.05, 0) is 58.1 Å². The zero-order chi connectivity index (χ0) is 16.1.